The summed E-state index contributed by atoms with van der Waals surface area (Å²) in [6.45, 7) is 5.42. The predicted molar refractivity (Wildman–Crippen MR) is 74.2 cm³/mol. The first-order chi connectivity index (χ1) is 9.22. The van der Waals surface area contributed by atoms with E-state index in [2.05, 4.69) is 22.2 Å². The third-order valence-corrected chi connectivity index (χ3v) is 3.67. The van der Waals surface area contributed by atoms with Crippen molar-refractivity contribution in [2.45, 2.75) is 32.7 Å². The van der Waals surface area contributed by atoms with Crippen molar-refractivity contribution in [3.05, 3.63) is 29.6 Å². The highest BCUT2D eigenvalue weighted by atomic mass is 16.2. The largest absolute Gasteiger partial charge is 0.297 e. The summed E-state index contributed by atoms with van der Waals surface area (Å²) in [4.78, 5) is 18.1. The lowest BCUT2D eigenvalue weighted by Gasteiger charge is -2.15. The maximum atomic E-state index is 11.3. The summed E-state index contributed by atoms with van der Waals surface area (Å²) in [6.07, 6.45) is 5.46. The number of pyridine rings is 1. The molecule has 1 aliphatic rings. The molecule has 1 amide bonds. The Bertz CT molecular complexity index is 418. The molecule has 3 N–H and O–H groups in total. The average molecular weight is 262 g/mol. The van der Waals surface area contributed by atoms with Crippen molar-refractivity contribution < 1.29 is 4.79 Å². The van der Waals surface area contributed by atoms with E-state index in [0.717, 1.165) is 24.7 Å². The predicted octanol–water partition coefficient (Wildman–Crippen LogP) is 1.31. The molecule has 1 aromatic rings. The minimum absolute atomic E-state index is 0.303. The van der Waals surface area contributed by atoms with E-state index >= 15 is 0 Å². The highest BCUT2D eigenvalue weighted by Crippen LogP contribution is 2.22. The Kier molecular flexibility index (Phi) is 4.87. The van der Waals surface area contributed by atoms with Crippen LogP contribution in [0.4, 0.5) is 0 Å². The zero-order chi connectivity index (χ0) is 13.7. The zero-order valence-corrected chi connectivity index (χ0v) is 11.4. The smallest absolute Gasteiger partial charge is 0.266 e. The second kappa shape index (κ2) is 6.63. The van der Waals surface area contributed by atoms with Crippen LogP contribution in [0.3, 0.4) is 0 Å². The molecule has 1 aromatic heterocycles. The van der Waals surface area contributed by atoms with Crippen molar-refractivity contribution in [1.82, 2.24) is 15.3 Å². The fourth-order valence-corrected chi connectivity index (χ4v) is 2.67. The van der Waals surface area contributed by atoms with Crippen molar-refractivity contribution >= 4 is 5.91 Å². The summed E-state index contributed by atoms with van der Waals surface area (Å²) in [5.41, 5.74) is 3.61. The summed E-state index contributed by atoms with van der Waals surface area (Å²) in [6, 6.07) is 3.67. The van der Waals surface area contributed by atoms with Crippen molar-refractivity contribution in [3.8, 4) is 0 Å². The molecule has 1 unspecified atom stereocenters. The summed E-state index contributed by atoms with van der Waals surface area (Å²) in [5, 5.41) is 0. The first kappa shape index (κ1) is 14.0. The van der Waals surface area contributed by atoms with Crippen LogP contribution in [0.2, 0.25) is 0 Å². The SMILES string of the molecule is CCCC1CCN(Cc2ccc(C(=O)NN)cn2)C1. The fraction of sp³-hybridized carbons (Fsp3) is 0.571. The Balaban J connectivity index is 1.88. The Morgan fingerprint density at radius 1 is 1.58 bits per heavy atom. The molecule has 1 fully saturated rings. The molecule has 0 radical (unpaired) electrons. The number of aromatic nitrogens is 1. The van der Waals surface area contributed by atoms with E-state index in [1.807, 2.05) is 6.07 Å². The van der Waals surface area contributed by atoms with Crippen molar-refractivity contribution in [3.63, 3.8) is 0 Å². The second-order valence-corrected chi connectivity index (χ2v) is 5.19. The Morgan fingerprint density at radius 2 is 2.42 bits per heavy atom. The van der Waals surface area contributed by atoms with Gasteiger partial charge in [0, 0.05) is 19.3 Å². The van der Waals surface area contributed by atoms with E-state index in [1.165, 1.54) is 25.8 Å². The number of nitrogens with one attached hydrogen (secondary N) is 1. The normalized spacial score (nSPS) is 19.6. The molecule has 1 saturated heterocycles. The van der Waals surface area contributed by atoms with Crippen molar-refractivity contribution in [1.29, 1.82) is 0 Å². The Morgan fingerprint density at radius 3 is 3.05 bits per heavy atom. The van der Waals surface area contributed by atoms with Gasteiger partial charge in [-0.2, -0.15) is 0 Å². The van der Waals surface area contributed by atoms with Gasteiger partial charge in [0.15, 0.2) is 0 Å². The Labute approximate surface area is 114 Å². The van der Waals surface area contributed by atoms with Crippen LogP contribution >= 0.6 is 0 Å². The van der Waals surface area contributed by atoms with E-state index < -0.39 is 0 Å². The van der Waals surface area contributed by atoms with E-state index in [1.54, 1.807) is 12.3 Å². The maximum Gasteiger partial charge on any atom is 0.266 e. The number of carbonyl (C=O) groups excluding carboxylic acids is 1. The lowest BCUT2D eigenvalue weighted by Crippen LogP contribution is -2.30. The Hall–Kier alpha value is -1.46. The number of hydrogen-bond acceptors (Lipinski definition) is 4. The van der Waals surface area contributed by atoms with Crippen LogP contribution < -0.4 is 11.3 Å². The van der Waals surface area contributed by atoms with Crippen LogP contribution in [0.5, 0.6) is 0 Å². The number of hydrazine groups is 1. The minimum atomic E-state index is -0.303. The maximum absolute atomic E-state index is 11.3. The molecule has 19 heavy (non-hydrogen) atoms. The van der Waals surface area contributed by atoms with Crippen LogP contribution in [0.15, 0.2) is 18.3 Å². The molecular weight excluding hydrogens is 240 g/mol. The fourth-order valence-electron chi connectivity index (χ4n) is 2.67. The van der Waals surface area contributed by atoms with Gasteiger partial charge < -0.3 is 0 Å². The molecular formula is C14H22N4O. The molecule has 0 aliphatic carbocycles. The summed E-state index contributed by atoms with van der Waals surface area (Å²) >= 11 is 0. The van der Waals surface area contributed by atoms with Crippen molar-refractivity contribution in [2.75, 3.05) is 13.1 Å². The van der Waals surface area contributed by atoms with Gasteiger partial charge in [-0.05, 0) is 37.4 Å². The van der Waals surface area contributed by atoms with Gasteiger partial charge in [-0.1, -0.05) is 13.3 Å². The van der Waals surface area contributed by atoms with E-state index in [-0.39, 0.29) is 5.91 Å². The monoisotopic (exact) mass is 262 g/mol. The number of nitrogen functional groups attached to an aromatic ring is 1. The molecule has 2 rings (SSSR count). The third-order valence-electron chi connectivity index (χ3n) is 3.67. The first-order valence-corrected chi connectivity index (χ1v) is 6.91. The zero-order valence-electron chi connectivity index (χ0n) is 11.4. The summed E-state index contributed by atoms with van der Waals surface area (Å²) in [5.74, 6) is 5.62. The first-order valence-electron chi connectivity index (χ1n) is 6.91. The number of nitrogens with two attached hydrogens (primary N) is 1. The highest BCUT2D eigenvalue weighted by Gasteiger charge is 2.21. The van der Waals surface area contributed by atoms with E-state index in [4.69, 9.17) is 5.84 Å². The molecule has 1 atom stereocenters. The standard InChI is InChI=1S/C14H22N4O/c1-2-3-11-6-7-18(9-11)10-13-5-4-12(8-16-13)14(19)17-15/h4-5,8,11H,2-3,6-7,9-10,15H2,1H3,(H,17,19). The van der Waals surface area contributed by atoms with E-state index in [9.17, 15) is 4.79 Å². The molecule has 5 heteroatoms. The number of carbonyl (C=O) groups is 1. The van der Waals surface area contributed by atoms with Gasteiger partial charge >= 0.3 is 0 Å². The van der Waals surface area contributed by atoms with E-state index in [0.29, 0.717) is 5.56 Å². The number of amides is 1. The number of hydrogen-bond donors (Lipinski definition) is 2. The quantitative estimate of drug-likeness (QED) is 0.477. The molecule has 0 bridgehead atoms. The minimum Gasteiger partial charge on any atom is -0.297 e. The van der Waals surface area contributed by atoms with Crippen LogP contribution in [0.1, 0.15) is 42.2 Å². The van der Waals surface area contributed by atoms with Crippen LogP contribution in [-0.2, 0) is 6.54 Å². The summed E-state index contributed by atoms with van der Waals surface area (Å²) in [7, 11) is 0. The van der Waals surface area contributed by atoms with Gasteiger partial charge in [0.25, 0.3) is 5.91 Å². The topological polar surface area (TPSA) is 71.2 Å². The lowest BCUT2D eigenvalue weighted by atomic mass is 10.0. The van der Waals surface area contributed by atoms with Crippen LogP contribution in [-0.4, -0.2) is 28.9 Å². The molecule has 1 aliphatic heterocycles. The van der Waals surface area contributed by atoms with Crippen molar-refractivity contribution in [2.24, 2.45) is 11.8 Å². The number of rotatable bonds is 5. The third kappa shape index (κ3) is 3.75. The molecule has 0 spiro atoms. The average Bonchev–Trinajstić information content (AvgIpc) is 2.86. The van der Waals surface area contributed by atoms with Gasteiger partial charge in [0.05, 0.1) is 11.3 Å². The van der Waals surface area contributed by atoms with Crippen LogP contribution in [0, 0.1) is 5.92 Å². The van der Waals surface area contributed by atoms with Gasteiger partial charge in [-0.15, -0.1) is 0 Å². The van der Waals surface area contributed by atoms with Crippen LogP contribution in [0.25, 0.3) is 0 Å². The second-order valence-electron chi connectivity index (χ2n) is 5.19. The van der Waals surface area contributed by atoms with Gasteiger partial charge in [0.2, 0.25) is 0 Å². The molecule has 104 valence electrons. The lowest BCUT2D eigenvalue weighted by molar-refractivity contribution is 0.0953. The molecule has 5 nitrogen and oxygen atoms in total. The van der Waals surface area contributed by atoms with Gasteiger partial charge in [-0.25, -0.2) is 5.84 Å². The molecule has 2 heterocycles. The molecule has 0 saturated carbocycles. The molecule has 0 aromatic carbocycles. The van der Waals surface area contributed by atoms with Gasteiger partial charge in [0.1, 0.15) is 0 Å². The van der Waals surface area contributed by atoms with Gasteiger partial charge in [-0.3, -0.25) is 20.1 Å². The highest BCUT2D eigenvalue weighted by molar-refractivity contribution is 5.93. The number of nitrogens with zero attached hydrogens (tertiary/aromatic N) is 2. The number of likely N-dealkylation sites (tertiary alicyclic amines) is 1. The summed E-state index contributed by atoms with van der Waals surface area (Å²) < 4.78 is 0.